The monoisotopic (exact) mass is 1090 g/mol. The summed E-state index contributed by atoms with van der Waals surface area (Å²) in [5.41, 5.74) is 0. The molecule has 0 rings (SSSR count). The Hall–Kier alpha value is -2.30. The van der Waals surface area contributed by atoms with Crippen LogP contribution in [0.15, 0.2) is 36.5 Å². The van der Waals surface area contributed by atoms with E-state index in [0.29, 0.717) is 19.3 Å². The largest absolute Gasteiger partial charge is 0.472 e. The molecule has 0 bridgehead atoms. The molecule has 0 radical (unpaired) electrons. The highest BCUT2D eigenvalue weighted by atomic mass is 31.2. The highest BCUT2D eigenvalue weighted by Crippen LogP contribution is 2.43. The van der Waals surface area contributed by atoms with Crippen molar-refractivity contribution in [1.29, 1.82) is 0 Å². The summed E-state index contributed by atoms with van der Waals surface area (Å²) in [7, 11) is -4.75. The van der Waals surface area contributed by atoms with Crippen LogP contribution in [0.3, 0.4) is 0 Å². The van der Waals surface area contributed by atoms with Crippen LogP contribution in [0.4, 0.5) is 0 Å². The number of phosphoric ester groups is 1. The minimum atomic E-state index is -4.75. The van der Waals surface area contributed by atoms with Crippen molar-refractivity contribution in [2.75, 3.05) is 26.4 Å². The van der Waals surface area contributed by atoms with Gasteiger partial charge in [0.05, 0.1) is 19.8 Å². The second-order valence-electron chi connectivity index (χ2n) is 21.6. The number of carbonyl (C=O) groups excluding carboxylic acids is 3. The summed E-state index contributed by atoms with van der Waals surface area (Å²) in [5.74, 6) is -1.46. The van der Waals surface area contributed by atoms with Crippen molar-refractivity contribution in [1.82, 2.24) is 0 Å². The molecule has 0 fully saturated rings. The van der Waals surface area contributed by atoms with E-state index in [2.05, 4.69) is 57.2 Å². The molecule has 0 spiro atoms. The molecule has 0 aromatic carbocycles. The van der Waals surface area contributed by atoms with Gasteiger partial charge in [-0.3, -0.25) is 23.4 Å². The first-order valence-corrected chi connectivity index (χ1v) is 33.4. The fraction of sp³-hybridized carbons (Fsp3) is 0.859. The standard InChI is InChI=1S/C64H119O11P/c1-4-7-10-13-16-19-22-25-28-29-30-31-34-35-38-41-44-47-50-53-62(66)71-57-61(75-64(68)55-52-49-46-43-40-37-33-27-24-21-18-15-12-9-6-3)59-73-76(69,70)72-58-60(56-65)74-63(67)54-51-48-45-42-39-36-32-26-23-20-17-14-11-8-5-2/h18,21,25,27-28,33,60-61,65H,4-17,19-20,22-24,26,29-32,34-59H2,1-3H3,(H,69,70)/b21-18-,28-25-,33-27-. The maximum Gasteiger partial charge on any atom is 0.472 e. The van der Waals surface area contributed by atoms with Crippen LogP contribution in [0.1, 0.15) is 316 Å². The topological polar surface area (TPSA) is 155 Å². The number of aliphatic hydroxyl groups excluding tert-OH is 1. The number of phosphoric acid groups is 1. The Bertz CT molecular complexity index is 1420. The molecule has 0 aliphatic rings. The van der Waals surface area contributed by atoms with Crippen molar-refractivity contribution in [3.63, 3.8) is 0 Å². The molecule has 0 aromatic heterocycles. The molecule has 0 aliphatic carbocycles. The number of unbranched alkanes of at least 4 members (excludes halogenated alkanes) is 37. The number of rotatable bonds is 60. The summed E-state index contributed by atoms with van der Waals surface area (Å²) >= 11 is 0. The molecule has 76 heavy (non-hydrogen) atoms. The summed E-state index contributed by atoms with van der Waals surface area (Å²) < 4.78 is 39.7. The van der Waals surface area contributed by atoms with Crippen LogP contribution < -0.4 is 0 Å². The van der Waals surface area contributed by atoms with E-state index in [9.17, 15) is 28.9 Å². The van der Waals surface area contributed by atoms with Gasteiger partial charge < -0.3 is 24.2 Å². The van der Waals surface area contributed by atoms with E-state index in [0.717, 1.165) is 83.5 Å². The average molecular weight is 1100 g/mol. The van der Waals surface area contributed by atoms with E-state index < -0.39 is 57.8 Å². The molecule has 0 amide bonds. The molecule has 0 heterocycles. The van der Waals surface area contributed by atoms with Crippen LogP contribution >= 0.6 is 7.82 Å². The van der Waals surface area contributed by atoms with Crippen LogP contribution in [0.25, 0.3) is 0 Å². The Balaban J connectivity index is 4.67. The number of carbonyl (C=O) groups is 3. The third kappa shape index (κ3) is 56.4. The number of esters is 3. The summed E-state index contributed by atoms with van der Waals surface area (Å²) in [6.07, 6.45) is 62.3. The minimum absolute atomic E-state index is 0.155. The number of aliphatic hydroxyl groups is 1. The molecule has 446 valence electrons. The lowest BCUT2D eigenvalue weighted by molar-refractivity contribution is -0.161. The van der Waals surface area contributed by atoms with Crippen LogP contribution in [0.2, 0.25) is 0 Å². The summed E-state index contributed by atoms with van der Waals surface area (Å²) in [6.45, 7) is 4.66. The van der Waals surface area contributed by atoms with Crippen molar-refractivity contribution in [3.05, 3.63) is 36.5 Å². The van der Waals surface area contributed by atoms with Gasteiger partial charge in [-0.2, -0.15) is 0 Å². The third-order valence-electron chi connectivity index (χ3n) is 14.0. The first kappa shape index (κ1) is 73.7. The highest BCUT2D eigenvalue weighted by Gasteiger charge is 2.28. The Labute approximate surface area is 467 Å². The van der Waals surface area contributed by atoms with Crippen molar-refractivity contribution in [2.24, 2.45) is 0 Å². The van der Waals surface area contributed by atoms with Crippen LogP contribution in [0, 0.1) is 0 Å². The molecular formula is C64H119O11P. The zero-order valence-corrected chi connectivity index (χ0v) is 50.4. The van der Waals surface area contributed by atoms with Gasteiger partial charge in [0.2, 0.25) is 0 Å². The lowest BCUT2D eigenvalue weighted by Gasteiger charge is -2.21. The molecule has 0 saturated heterocycles. The van der Waals surface area contributed by atoms with E-state index in [1.165, 1.54) is 173 Å². The van der Waals surface area contributed by atoms with Crippen molar-refractivity contribution in [2.45, 2.75) is 328 Å². The van der Waals surface area contributed by atoms with E-state index in [1.54, 1.807) is 0 Å². The van der Waals surface area contributed by atoms with Crippen LogP contribution in [-0.4, -0.2) is 66.5 Å². The van der Waals surface area contributed by atoms with Gasteiger partial charge in [0.25, 0.3) is 0 Å². The molecule has 2 N–H and O–H groups in total. The van der Waals surface area contributed by atoms with Gasteiger partial charge in [0.1, 0.15) is 12.7 Å². The van der Waals surface area contributed by atoms with Gasteiger partial charge in [0.15, 0.2) is 6.10 Å². The fourth-order valence-corrected chi connectivity index (χ4v) is 9.93. The van der Waals surface area contributed by atoms with Crippen molar-refractivity contribution in [3.8, 4) is 0 Å². The molecule has 0 aliphatic heterocycles. The molecule has 3 atom stereocenters. The predicted molar refractivity (Wildman–Crippen MR) is 316 cm³/mol. The molecular weight excluding hydrogens is 976 g/mol. The smallest absolute Gasteiger partial charge is 0.462 e. The minimum Gasteiger partial charge on any atom is -0.462 e. The van der Waals surface area contributed by atoms with Gasteiger partial charge in [-0.15, -0.1) is 0 Å². The van der Waals surface area contributed by atoms with Gasteiger partial charge in [-0.05, 0) is 77.0 Å². The molecule has 12 heteroatoms. The van der Waals surface area contributed by atoms with Crippen molar-refractivity contribution < 1.29 is 52.2 Å². The summed E-state index contributed by atoms with van der Waals surface area (Å²) in [5, 5.41) is 9.84. The summed E-state index contributed by atoms with van der Waals surface area (Å²) in [4.78, 5) is 48.7. The number of allylic oxidation sites excluding steroid dienone is 6. The maximum atomic E-state index is 12.9. The van der Waals surface area contributed by atoms with Gasteiger partial charge >= 0.3 is 25.7 Å². The maximum absolute atomic E-state index is 12.9. The Morgan fingerprint density at radius 1 is 0.368 bits per heavy atom. The first-order valence-electron chi connectivity index (χ1n) is 31.9. The number of ether oxygens (including phenoxy) is 3. The van der Waals surface area contributed by atoms with Crippen LogP contribution in [-0.2, 0) is 42.2 Å². The molecule has 0 aromatic rings. The van der Waals surface area contributed by atoms with Crippen molar-refractivity contribution >= 4 is 25.7 Å². The molecule has 0 saturated carbocycles. The van der Waals surface area contributed by atoms with Gasteiger partial charge in [0, 0.05) is 19.3 Å². The van der Waals surface area contributed by atoms with Gasteiger partial charge in [-0.25, -0.2) is 4.57 Å². The quantitative estimate of drug-likeness (QED) is 0.0197. The SMILES string of the molecule is CCCCC/C=C\C/C=C\CCCCCCCC(=O)OC(COC(=O)CCCCCCCCCCC/C=C\CCCCCCCC)COP(=O)(O)OCC(CO)OC(=O)CCCCCCCCCCCCCCCCC. The molecule has 11 nitrogen and oxygen atoms in total. The zero-order valence-electron chi connectivity index (χ0n) is 49.5. The zero-order chi connectivity index (χ0) is 55.5. The van der Waals surface area contributed by atoms with E-state index >= 15 is 0 Å². The van der Waals surface area contributed by atoms with E-state index in [1.807, 2.05) is 0 Å². The second kappa shape index (κ2) is 58.8. The third-order valence-corrected chi connectivity index (χ3v) is 15.0. The van der Waals surface area contributed by atoms with E-state index in [-0.39, 0.29) is 25.9 Å². The lowest BCUT2D eigenvalue weighted by atomic mass is 10.0. The normalized spacial score (nSPS) is 13.5. The number of hydrogen-bond acceptors (Lipinski definition) is 10. The number of hydrogen-bond donors (Lipinski definition) is 2. The first-order chi connectivity index (χ1) is 37.2. The van der Waals surface area contributed by atoms with E-state index in [4.69, 9.17) is 23.3 Å². The highest BCUT2D eigenvalue weighted by molar-refractivity contribution is 7.47. The lowest BCUT2D eigenvalue weighted by Crippen LogP contribution is -2.30. The Kier molecular flexibility index (Phi) is 57.1. The second-order valence-corrected chi connectivity index (χ2v) is 23.0. The Morgan fingerprint density at radius 2 is 0.645 bits per heavy atom. The fourth-order valence-electron chi connectivity index (χ4n) is 9.15. The molecule has 3 unspecified atom stereocenters. The Morgan fingerprint density at radius 3 is 1.01 bits per heavy atom. The predicted octanol–water partition coefficient (Wildman–Crippen LogP) is 19.2. The van der Waals surface area contributed by atoms with Crippen LogP contribution in [0.5, 0.6) is 0 Å². The van der Waals surface area contributed by atoms with Gasteiger partial charge in [-0.1, -0.05) is 256 Å². The average Bonchev–Trinajstić information content (AvgIpc) is 3.41. The summed E-state index contributed by atoms with van der Waals surface area (Å²) in [6, 6.07) is 0.